The van der Waals surface area contributed by atoms with Gasteiger partial charge in [0.2, 0.25) is 0 Å². The summed E-state index contributed by atoms with van der Waals surface area (Å²) in [5.41, 5.74) is 4.69. The molecule has 2 aromatic heterocycles. The molecule has 4 nitrogen and oxygen atoms in total. The Labute approximate surface area is 121 Å². The van der Waals surface area contributed by atoms with Crippen molar-refractivity contribution in [2.75, 3.05) is 6.54 Å². The van der Waals surface area contributed by atoms with Crippen LogP contribution in [0, 0.1) is 13.8 Å². The van der Waals surface area contributed by atoms with Crippen molar-refractivity contribution in [3.05, 3.63) is 47.0 Å². The molecule has 2 aromatic rings. The van der Waals surface area contributed by atoms with Crippen molar-refractivity contribution in [3.63, 3.8) is 0 Å². The first-order valence-corrected chi connectivity index (χ1v) is 7.25. The number of pyridine rings is 1. The van der Waals surface area contributed by atoms with E-state index in [1.807, 2.05) is 24.1 Å². The van der Waals surface area contributed by atoms with Crippen molar-refractivity contribution >= 4 is 0 Å². The molecule has 1 N–H and O–H groups in total. The predicted octanol–water partition coefficient (Wildman–Crippen LogP) is 2.72. The van der Waals surface area contributed by atoms with Gasteiger partial charge in [-0.1, -0.05) is 13.0 Å². The fourth-order valence-electron chi connectivity index (χ4n) is 2.46. The van der Waals surface area contributed by atoms with Crippen molar-refractivity contribution in [2.45, 2.75) is 39.7 Å². The Morgan fingerprint density at radius 1 is 1.35 bits per heavy atom. The van der Waals surface area contributed by atoms with Gasteiger partial charge in [0.25, 0.3) is 0 Å². The second-order valence-electron chi connectivity index (χ2n) is 5.41. The summed E-state index contributed by atoms with van der Waals surface area (Å²) in [6, 6.07) is 4.50. The number of hydrogen-bond donors (Lipinski definition) is 1. The molecule has 0 fully saturated rings. The molecule has 0 aliphatic rings. The topological polar surface area (TPSA) is 42.7 Å². The smallest absolute Gasteiger partial charge is 0.0644 e. The van der Waals surface area contributed by atoms with E-state index in [9.17, 15) is 0 Å². The number of nitrogens with one attached hydrogen (secondary N) is 1. The van der Waals surface area contributed by atoms with Gasteiger partial charge < -0.3 is 5.32 Å². The van der Waals surface area contributed by atoms with E-state index < -0.39 is 0 Å². The Kier molecular flexibility index (Phi) is 4.90. The zero-order valence-corrected chi connectivity index (χ0v) is 12.8. The van der Waals surface area contributed by atoms with Crippen LogP contribution in [0.25, 0.3) is 0 Å². The molecule has 0 aromatic carbocycles. The molecule has 1 atom stereocenters. The molecule has 0 aliphatic heterocycles. The standard InChI is InChI=1S/C16H24N4/c1-5-7-17-15(10-14-6-8-20(4)19-14)16-13(3)9-12(2)11-18-16/h6,8-9,11,15,17H,5,7,10H2,1-4H3. The lowest BCUT2D eigenvalue weighted by Gasteiger charge is -2.19. The monoisotopic (exact) mass is 272 g/mol. The molecular weight excluding hydrogens is 248 g/mol. The highest BCUT2D eigenvalue weighted by atomic mass is 15.2. The van der Waals surface area contributed by atoms with Crippen LogP contribution in [0.2, 0.25) is 0 Å². The van der Waals surface area contributed by atoms with E-state index in [0.29, 0.717) is 0 Å². The number of aromatic nitrogens is 3. The summed E-state index contributed by atoms with van der Waals surface area (Å²) in [4.78, 5) is 4.64. The van der Waals surface area contributed by atoms with E-state index in [0.717, 1.165) is 30.8 Å². The van der Waals surface area contributed by atoms with Crippen LogP contribution in [-0.2, 0) is 13.5 Å². The van der Waals surface area contributed by atoms with E-state index in [-0.39, 0.29) is 6.04 Å². The van der Waals surface area contributed by atoms with Crippen molar-refractivity contribution < 1.29 is 0 Å². The van der Waals surface area contributed by atoms with Gasteiger partial charge in [0.15, 0.2) is 0 Å². The average Bonchev–Trinajstić information content (AvgIpc) is 2.80. The van der Waals surface area contributed by atoms with Gasteiger partial charge in [-0.05, 0) is 44.0 Å². The Bertz CT molecular complexity index is 559. The normalized spacial score (nSPS) is 12.6. The van der Waals surface area contributed by atoms with Crippen LogP contribution in [0.5, 0.6) is 0 Å². The van der Waals surface area contributed by atoms with Crippen molar-refractivity contribution in [1.82, 2.24) is 20.1 Å². The maximum Gasteiger partial charge on any atom is 0.0644 e. The lowest BCUT2D eigenvalue weighted by atomic mass is 10.0. The van der Waals surface area contributed by atoms with Crippen LogP contribution in [0.15, 0.2) is 24.5 Å². The first-order chi connectivity index (χ1) is 9.60. The molecule has 1 unspecified atom stereocenters. The Balaban J connectivity index is 2.22. The fourth-order valence-corrected chi connectivity index (χ4v) is 2.46. The Morgan fingerprint density at radius 3 is 2.75 bits per heavy atom. The summed E-state index contributed by atoms with van der Waals surface area (Å²) in [5.74, 6) is 0. The average molecular weight is 272 g/mol. The van der Waals surface area contributed by atoms with Gasteiger partial charge in [0.1, 0.15) is 0 Å². The number of hydrogen-bond acceptors (Lipinski definition) is 3. The van der Waals surface area contributed by atoms with Crippen LogP contribution >= 0.6 is 0 Å². The lowest BCUT2D eigenvalue weighted by molar-refractivity contribution is 0.507. The first kappa shape index (κ1) is 14.7. The summed E-state index contributed by atoms with van der Waals surface area (Å²) in [6.45, 7) is 7.39. The van der Waals surface area contributed by atoms with Gasteiger partial charge in [-0.15, -0.1) is 0 Å². The third kappa shape index (κ3) is 3.67. The van der Waals surface area contributed by atoms with E-state index in [1.165, 1.54) is 11.1 Å². The van der Waals surface area contributed by atoms with Gasteiger partial charge in [0, 0.05) is 25.9 Å². The summed E-state index contributed by atoms with van der Waals surface area (Å²) in [6.07, 6.45) is 5.92. The Hall–Kier alpha value is -1.68. The van der Waals surface area contributed by atoms with Gasteiger partial charge >= 0.3 is 0 Å². The molecule has 0 bridgehead atoms. The molecule has 0 spiro atoms. The quantitative estimate of drug-likeness (QED) is 0.879. The van der Waals surface area contributed by atoms with E-state index in [4.69, 9.17) is 0 Å². The lowest BCUT2D eigenvalue weighted by Crippen LogP contribution is -2.26. The van der Waals surface area contributed by atoms with Crippen LogP contribution < -0.4 is 5.32 Å². The zero-order chi connectivity index (χ0) is 14.5. The molecule has 0 radical (unpaired) electrons. The summed E-state index contributed by atoms with van der Waals surface area (Å²) < 4.78 is 1.85. The fraction of sp³-hybridized carbons (Fsp3) is 0.500. The molecule has 0 saturated heterocycles. The third-order valence-electron chi connectivity index (χ3n) is 3.41. The SMILES string of the molecule is CCCNC(Cc1ccn(C)n1)c1ncc(C)cc1C. The predicted molar refractivity (Wildman–Crippen MR) is 81.7 cm³/mol. The number of aryl methyl sites for hydroxylation is 3. The first-order valence-electron chi connectivity index (χ1n) is 7.25. The second-order valence-corrected chi connectivity index (χ2v) is 5.41. The third-order valence-corrected chi connectivity index (χ3v) is 3.41. The highest BCUT2D eigenvalue weighted by Crippen LogP contribution is 2.20. The maximum absolute atomic E-state index is 4.64. The maximum atomic E-state index is 4.64. The molecule has 2 heterocycles. The number of rotatable bonds is 6. The van der Waals surface area contributed by atoms with E-state index in [1.54, 1.807) is 0 Å². The van der Waals surface area contributed by atoms with Crippen LogP contribution in [-0.4, -0.2) is 21.3 Å². The molecule has 0 aliphatic carbocycles. The molecular formula is C16H24N4. The van der Waals surface area contributed by atoms with Gasteiger partial charge in [-0.25, -0.2) is 0 Å². The largest absolute Gasteiger partial charge is 0.308 e. The van der Waals surface area contributed by atoms with Crippen LogP contribution in [0.1, 0.15) is 41.9 Å². The van der Waals surface area contributed by atoms with Crippen molar-refractivity contribution in [2.24, 2.45) is 7.05 Å². The summed E-state index contributed by atoms with van der Waals surface area (Å²) >= 11 is 0. The van der Waals surface area contributed by atoms with Crippen LogP contribution in [0.3, 0.4) is 0 Å². The molecule has 108 valence electrons. The zero-order valence-electron chi connectivity index (χ0n) is 12.8. The minimum atomic E-state index is 0.227. The second kappa shape index (κ2) is 6.66. The minimum Gasteiger partial charge on any atom is -0.308 e. The summed E-state index contributed by atoms with van der Waals surface area (Å²) in [7, 11) is 1.95. The van der Waals surface area contributed by atoms with Crippen molar-refractivity contribution in [3.8, 4) is 0 Å². The summed E-state index contributed by atoms with van der Waals surface area (Å²) in [5, 5.41) is 8.07. The highest BCUT2D eigenvalue weighted by Gasteiger charge is 2.16. The molecule has 4 heteroatoms. The van der Waals surface area contributed by atoms with E-state index >= 15 is 0 Å². The van der Waals surface area contributed by atoms with E-state index in [2.05, 4.69) is 48.3 Å². The highest BCUT2D eigenvalue weighted by molar-refractivity contribution is 5.26. The molecule has 0 saturated carbocycles. The Morgan fingerprint density at radius 2 is 2.15 bits per heavy atom. The minimum absolute atomic E-state index is 0.227. The molecule has 0 amide bonds. The number of nitrogens with zero attached hydrogens (tertiary/aromatic N) is 3. The van der Waals surface area contributed by atoms with Crippen molar-refractivity contribution in [1.29, 1.82) is 0 Å². The van der Waals surface area contributed by atoms with Crippen LogP contribution in [0.4, 0.5) is 0 Å². The van der Waals surface area contributed by atoms with Gasteiger partial charge in [-0.2, -0.15) is 5.10 Å². The molecule has 2 rings (SSSR count). The van der Waals surface area contributed by atoms with Gasteiger partial charge in [-0.3, -0.25) is 9.67 Å². The molecule has 20 heavy (non-hydrogen) atoms. The van der Waals surface area contributed by atoms with Gasteiger partial charge in [0.05, 0.1) is 17.4 Å².